The fourth-order valence-corrected chi connectivity index (χ4v) is 3.18. The van der Waals surface area contributed by atoms with E-state index in [0.29, 0.717) is 11.1 Å². The van der Waals surface area contributed by atoms with Crippen molar-refractivity contribution in [1.29, 1.82) is 0 Å². The van der Waals surface area contributed by atoms with Gasteiger partial charge >= 0.3 is 6.18 Å². The Balaban J connectivity index is 1.77. The summed E-state index contributed by atoms with van der Waals surface area (Å²) in [6.07, 6.45) is -5.58. The van der Waals surface area contributed by atoms with Gasteiger partial charge < -0.3 is 10.6 Å². The van der Waals surface area contributed by atoms with E-state index in [1.54, 1.807) is 18.2 Å². The number of nitrogens with zero attached hydrogens (tertiary/aromatic N) is 1. The van der Waals surface area contributed by atoms with Gasteiger partial charge in [0.25, 0.3) is 5.91 Å². The maximum absolute atomic E-state index is 13.2. The summed E-state index contributed by atoms with van der Waals surface area (Å²) >= 11 is 6.02. The highest BCUT2D eigenvalue weighted by Gasteiger charge is 2.44. The standard InChI is InChI=1S/C20H20ClF4N5O/c1-11-3-2-4-12(7-11)18(31)28-19(26-10-13-5-6-14(22)8-15(13)21)27-17-9-16(29-30-17)20(23,24)25/h2-8,16-17,29-30H,9-10H2,1H3,(H2,26,27,28,31). The molecule has 3 rings (SSSR count). The first kappa shape index (κ1) is 23.0. The summed E-state index contributed by atoms with van der Waals surface area (Å²) in [6, 6.07) is 8.83. The number of carbonyl (C=O) groups is 1. The summed E-state index contributed by atoms with van der Waals surface area (Å²) in [5.41, 5.74) is 6.36. The number of hydrogen-bond donors (Lipinski definition) is 4. The van der Waals surface area contributed by atoms with Gasteiger partial charge in [0.1, 0.15) is 11.9 Å². The van der Waals surface area contributed by atoms with Crippen molar-refractivity contribution >= 4 is 23.5 Å². The number of nitrogens with one attached hydrogen (secondary N) is 4. The molecule has 1 aliphatic heterocycles. The Hall–Kier alpha value is -2.69. The average molecular weight is 458 g/mol. The molecule has 2 unspecified atom stereocenters. The predicted molar refractivity (Wildman–Crippen MR) is 109 cm³/mol. The SMILES string of the molecule is Cc1cccc(C(=O)/N=C(/NCc2ccc(F)cc2Cl)NC2CC(C(F)(F)F)NN2)c1. The number of aliphatic imine (C=N–C) groups is 1. The summed E-state index contributed by atoms with van der Waals surface area (Å²) in [7, 11) is 0. The third kappa shape index (κ3) is 6.39. The van der Waals surface area contributed by atoms with E-state index in [4.69, 9.17) is 11.6 Å². The van der Waals surface area contributed by atoms with Crippen LogP contribution in [0.5, 0.6) is 0 Å². The van der Waals surface area contributed by atoms with Gasteiger partial charge in [-0.15, -0.1) is 0 Å². The van der Waals surface area contributed by atoms with Crippen LogP contribution in [0, 0.1) is 12.7 Å². The maximum Gasteiger partial charge on any atom is 0.405 e. The average Bonchev–Trinajstić information content (AvgIpc) is 3.16. The lowest BCUT2D eigenvalue weighted by atomic mass is 10.1. The molecule has 1 fully saturated rings. The Morgan fingerprint density at radius 2 is 2.00 bits per heavy atom. The molecule has 2 atom stereocenters. The fourth-order valence-electron chi connectivity index (χ4n) is 2.94. The Bertz CT molecular complexity index is 982. The second-order valence-electron chi connectivity index (χ2n) is 7.04. The zero-order valence-electron chi connectivity index (χ0n) is 16.4. The fraction of sp³-hybridized carbons (Fsp3) is 0.300. The molecular weight excluding hydrogens is 438 g/mol. The molecule has 0 saturated carbocycles. The molecule has 1 aliphatic rings. The molecule has 6 nitrogen and oxygen atoms in total. The van der Waals surface area contributed by atoms with Crippen molar-refractivity contribution in [3.63, 3.8) is 0 Å². The minimum Gasteiger partial charge on any atom is -0.352 e. The molecule has 0 radical (unpaired) electrons. The van der Waals surface area contributed by atoms with Gasteiger partial charge in [-0.05, 0) is 36.8 Å². The van der Waals surface area contributed by atoms with Crippen LogP contribution in [0.3, 0.4) is 0 Å². The van der Waals surface area contributed by atoms with Crippen molar-refractivity contribution in [2.24, 2.45) is 4.99 Å². The third-order valence-corrected chi connectivity index (χ3v) is 4.90. The zero-order chi connectivity index (χ0) is 22.6. The maximum atomic E-state index is 13.2. The van der Waals surface area contributed by atoms with Gasteiger partial charge in [-0.2, -0.15) is 18.2 Å². The third-order valence-electron chi connectivity index (χ3n) is 4.55. The highest BCUT2D eigenvalue weighted by molar-refractivity contribution is 6.31. The Kier molecular flexibility index (Phi) is 7.14. The van der Waals surface area contributed by atoms with Crippen LogP contribution in [0.25, 0.3) is 0 Å². The Morgan fingerprint density at radius 3 is 2.65 bits per heavy atom. The minimum absolute atomic E-state index is 0.0472. The topological polar surface area (TPSA) is 77.5 Å². The van der Waals surface area contributed by atoms with Gasteiger partial charge in [-0.1, -0.05) is 35.4 Å². The van der Waals surface area contributed by atoms with Gasteiger partial charge in [-0.25, -0.2) is 15.2 Å². The molecule has 31 heavy (non-hydrogen) atoms. The molecule has 1 amide bonds. The van der Waals surface area contributed by atoms with Crippen LogP contribution in [0.1, 0.15) is 27.9 Å². The van der Waals surface area contributed by atoms with Crippen LogP contribution in [-0.2, 0) is 6.54 Å². The number of hydrazine groups is 1. The van der Waals surface area contributed by atoms with Crippen molar-refractivity contribution in [2.45, 2.75) is 38.3 Å². The number of rotatable bonds is 4. The highest BCUT2D eigenvalue weighted by atomic mass is 35.5. The number of carbonyl (C=O) groups excluding carboxylic acids is 1. The molecule has 4 N–H and O–H groups in total. The number of hydrogen-bond acceptors (Lipinski definition) is 3. The second-order valence-corrected chi connectivity index (χ2v) is 7.45. The quantitative estimate of drug-likeness (QED) is 0.321. The lowest BCUT2D eigenvalue weighted by Gasteiger charge is -2.18. The van der Waals surface area contributed by atoms with E-state index in [9.17, 15) is 22.4 Å². The summed E-state index contributed by atoms with van der Waals surface area (Å²) in [5, 5.41) is 5.78. The van der Waals surface area contributed by atoms with E-state index >= 15 is 0 Å². The van der Waals surface area contributed by atoms with E-state index in [1.807, 2.05) is 13.0 Å². The number of alkyl halides is 3. The molecule has 2 aromatic carbocycles. The first-order valence-electron chi connectivity index (χ1n) is 9.33. The van der Waals surface area contributed by atoms with Crippen LogP contribution in [0.15, 0.2) is 47.5 Å². The van der Waals surface area contributed by atoms with E-state index < -0.39 is 30.1 Å². The summed E-state index contributed by atoms with van der Waals surface area (Å²) in [5.74, 6) is -1.13. The second kappa shape index (κ2) is 9.63. The minimum atomic E-state index is -4.42. The number of aryl methyl sites for hydroxylation is 1. The van der Waals surface area contributed by atoms with Crippen molar-refractivity contribution in [1.82, 2.24) is 21.5 Å². The number of guanidine groups is 1. The first-order chi connectivity index (χ1) is 14.6. The van der Waals surface area contributed by atoms with Crippen molar-refractivity contribution in [2.75, 3.05) is 0 Å². The van der Waals surface area contributed by atoms with Crippen LogP contribution in [0.2, 0.25) is 5.02 Å². The van der Waals surface area contributed by atoms with Gasteiger partial charge in [0.05, 0.1) is 6.17 Å². The van der Waals surface area contributed by atoms with E-state index in [2.05, 4.69) is 26.5 Å². The molecule has 1 heterocycles. The van der Waals surface area contributed by atoms with Gasteiger partial charge in [0.15, 0.2) is 0 Å². The molecule has 0 spiro atoms. The molecular formula is C20H20ClF4N5O. The van der Waals surface area contributed by atoms with E-state index in [0.717, 1.165) is 11.6 Å². The molecule has 0 aliphatic carbocycles. The predicted octanol–water partition coefficient (Wildman–Crippen LogP) is 3.42. The van der Waals surface area contributed by atoms with Gasteiger partial charge in [-0.3, -0.25) is 4.79 Å². The zero-order valence-corrected chi connectivity index (χ0v) is 17.1. The summed E-state index contributed by atoms with van der Waals surface area (Å²) in [4.78, 5) is 16.6. The lowest BCUT2D eigenvalue weighted by Crippen LogP contribution is -2.49. The lowest BCUT2D eigenvalue weighted by molar-refractivity contribution is -0.153. The Morgan fingerprint density at radius 1 is 1.23 bits per heavy atom. The van der Waals surface area contributed by atoms with Gasteiger partial charge in [0.2, 0.25) is 5.96 Å². The Labute approximate surface area is 181 Å². The number of halogens is 5. The highest BCUT2D eigenvalue weighted by Crippen LogP contribution is 2.25. The first-order valence-corrected chi connectivity index (χ1v) is 9.71. The van der Waals surface area contributed by atoms with Crippen molar-refractivity contribution < 1.29 is 22.4 Å². The summed E-state index contributed by atoms with van der Waals surface area (Å²) < 4.78 is 52.0. The largest absolute Gasteiger partial charge is 0.405 e. The van der Waals surface area contributed by atoms with Crippen molar-refractivity contribution in [3.8, 4) is 0 Å². The molecule has 0 bridgehead atoms. The van der Waals surface area contributed by atoms with Crippen LogP contribution in [0.4, 0.5) is 17.6 Å². The molecule has 0 aromatic heterocycles. The molecule has 2 aromatic rings. The van der Waals surface area contributed by atoms with E-state index in [1.165, 1.54) is 12.1 Å². The number of amides is 1. The van der Waals surface area contributed by atoms with Crippen LogP contribution in [-0.4, -0.2) is 30.3 Å². The summed E-state index contributed by atoms with van der Waals surface area (Å²) in [6.45, 7) is 1.88. The molecule has 1 saturated heterocycles. The van der Waals surface area contributed by atoms with Gasteiger partial charge in [0, 0.05) is 23.6 Å². The van der Waals surface area contributed by atoms with E-state index in [-0.39, 0.29) is 23.9 Å². The van der Waals surface area contributed by atoms with Crippen LogP contribution < -0.4 is 21.5 Å². The number of benzene rings is 2. The van der Waals surface area contributed by atoms with Crippen molar-refractivity contribution in [3.05, 3.63) is 70.0 Å². The monoisotopic (exact) mass is 457 g/mol. The molecule has 11 heteroatoms. The normalized spacial score (nSPS) is 19.4. The molecule has 166 valence electrons. The van der Waals surface area contributed by atoms with Crippen LogP contribution >= 0.6 is 11.6 Å². The smallest absolute Gasteiger partial charge is 0.352 e.